The summed E-state index contributed by atoms with van der Waals surface area (Å²) in [7, 11) is 0. The monoisotopic (exact) mass is 360 g/mol. The number of carbonyl (C=O) groups excluding carboxylic acids is 1. The van der Waals surface area contributed by atoms with Crippen molar-refractivity contribution in [3.05, 3.63) is 17.0 Å². The van der Waals surface area contributed by atoms with Crippen LogP contribution < -0.4 is 0 Å². The van der Waals surface area contributed by atoms with E-state index >= 15 is 0 Å². The molecular formula is C19H28N4O3. The maximum Gasteiger partial charge on any atom is 0.410 e. The first-order valence-corrected chi connectivity index (χ1v) is 8.92. The Morgan fingerprint density at radius 2 is 2.23 bits per heavy atom. The maximum absolute atomic E-state index is 12.5. The molecule has 0 aromatic carbocycles. The van der Waals surface area contributed by atoms with Gasteiger partial charge in [-0.1, -0.05) is 5.16 Å². The SMILES string of the molecule is CC#CCCCn1nc2c(c1/C=N/O)CN(C(=O)OC(C)(C)C)C(C)C2. The molecule has 0 spiro atoms. The van der Waals surface area contributed by atoms with Gasteiger partial charge in [-0.2, -0.15) is 5.10 Å². The van der Waals surface area contributed by atoms with Gasteiger partial charge in [-0.05, 0) is 41.0 Å². The highest BCUT2D eigenvalue weighted by atomic mass is 16.6. The molecule has 0 fully saturated rings. The van der Waals surface area contributed by atoms with Crippen molar-refractivity contribution < 1.29 is 14.7 Å². The molecule has 0 saturated heterocycles. The van der Waals surface area contributed by atoms with Crippen LogP contribution >= 0.6 is 0 Å². The predicted molar refractivity (Wildman–Crippen MR) is 99.2 cm³/mol. The molecule has 1 atom stereocenters. The number of ether oxygens (including phenoxy) is 1. The minimum absolute atomic E-state index is 0.00873. The molecule has 2 rings (SSSR count). The van der Waals surface area contributed by atoms with Crippen molar-refractivity contribution in [2.24, 2.45) is 5.16 Å². The van der Waals surface area contributed by atoms with E-state index in [0.29, 0.717) is 19.5 Å². The van der Waals surface area contributed by atoms with E-state index in [-0.39, 0.29) is 12.1 Å². The summed E-state index contributed by atoms with van der Waals surface area (Å²) in [4.78, 5) is 14.2. The van der Waals surface area contributed by atoms with Crippen molar-refractivity contribution in [3.8, 4) is 11.8 Å². The largest absolute Gasteiger partial charge is 0.444 e. The van der Waals surface area contributed by atoms with Gasteiger partial charge in [0.2, 0.25) is 0 Å². The molecule has 26 heavy (non-hydrogen) atoms. The molecule has 0 bridgehead atoms. The summed E-state index contributed by atoms with van der Waals surface area (Å²) in [5, 5.41) is 16.9. The fourth-order valence-electron chi connectivity index (χ4n) is 2.99. The highest BCUT2D eigenvalue weighted by Gasteiger charge is 2.33. The summed E-state index contributed by atoms with van der Waals surface area (Å²) < 4.78 is 7.36. The molecule has 1 unspecified atom stereocenters. The quantitative estimate of drug-likeness (QED) is 0.294. The summed E-state index contributed by atoms with van der Waals surface area (Å²) >= 11 is 0. The van der Waals surface area contributed by atoms with Gasteiger partial charge in [0, 0.05) is 31.0 Å². The summed E-state index contributed by atoms with van der Waals surface area (Å²) in [6, 6.07) is -0.00873. The first-order chi connectivity index (χ1) is 12.3. The normalized spacial score (nSPS) is 17.0. The fourth-order valence-corrected chi connectivity index (χ4v) is 2.99. The number of aryl methyl sites for hydroxylation is 1. The molecule has 1 aromatic rings. The van der Waals surface area contributed by atoms with Crippen LogP contribution in [0, 0.1) is 11.8 Å². The van der Waals surface area contributed by atoms with E-state index < -0.39 is 5.60 Å². The molecule has 1 amide bonds. The lowest BCUT2D eigenvalue weighted by atomic mass is 10.0. The number of nitrogens with zero attached hydrogens (tertiary/aromatic N) is 4. The molecule has 0 aliphatic carbocycles. The topological polar surface area (TPSA) is 80.0 Å². The van der Waals surface area contributed by atoms with E-state index in [1.807, 2.05) is 39.3 Å². The van der Waals surface area contributed by atoms with Gasteiger partial charge >= 0.3 is 6.09 Å². The Kier molecular flexibility index (Phi) is 6.30. The number of oxime groups is 1. The second kappa shape index (κ2) is 8.26. The molecule has 1 aliphatic rings. The van der Waals surface area contributed by atoms with Crippen molar-refractivity contribution in [1.29, 1.82) is 0 Å². The summed E-state index contributed by atoms with van der Waals surface area (Å²) in [5.74, 6) is 5.92. The van der Waals surface area contributed by atoms with Crippen molar-refractivity contribution >= 4 is 12.3 Å². The molecule has 1 N–H and O–H groups in total. The van der Waals surface area contributed by atoms with Crippen molar-refractivity contribution in [3.63, 3.8) is 0 Å². The lowest BCUT2D eigenvalue weighted by Crippen LogP contribution is -2.45. The van der Waals surface area contributed by atoms with Gasteiger partial charge in [0.05, 0.1) is 24.1 Å². The second-order valence-corrected chi connectivity index (χ2v) is 7.47. The first-order valence-electron chi connectivity index (χ1n) is 8.92. The smallest absolute Gasteiger partial charge is 0.410 e. The molecule has 7 heteroatoms. The number of hydrogen-bond acceptors (Lipinski definition) is 5. The average Bonchev–Trinajstić information content (AvgIpc) is 2.86. The Balaban J connectivity index is 2.25. The van der Waals surface area contributed by atoms with E-state index in [0.717, 1.165) is 29.8 Å². The number of aromatic nitrogens is 2. The molecule has 1 aromatic heterocycles. The number of amides is 1. The second-order valence-electron chi connectivity index (χ2n) is 7.47. The van der Waals surface area contributed by atoms with Crippen LogP contribution in [0.5, 0.6) is 0 Å². The summed E-state index contributed by atoms with van der Waals surface area (Å²) in [6.45, 7) is 10.4. The van der Waals surface area contributed by atoms with Crippen LogP contribution in [0.3, 0.4) is 0 Å². The average molecular weight is 360 g/mol. The first kappa shape index (κ1) is 19.8. The lowest BCUT2D eigenvalue weighted by Gasteiger charge is -2.34. The van der Waals surface area contributed by atoms with Gasteiger partial charge in [-0.15, -0.1) is 11.8 Å². The Hall–Kier alpha value is -2.49. The number of fused-ring (bicyclic) bond motifs is 1. The molecular weight excluding hydrogens is 332 g/mol. The third-order valence-corrected chi connectivity index (χ3v) is 4.18. The number of unbranched alkanes of at least 4 members (excludes halogenated alkanes) is 1. The van der Waals surface area contributed by atoms with Crippen molar-refractivity contribution in [1.82, 2.24) is 14.7 Å². The van der Waals surface area contributed by atoms with E-state index in [2.05, 4.69) is 22.1 Å². The van der Waals surface area contributed by atoms with Gasteiger partial charge in [-0.25, -0.2) is 4.79 Å². The third-order valence-electron chi connectivity index (χ3n) is 4.18. The van der Waals surface area contributed by atoms with Crippen LogP contribution in [0.4, 0.5) is 4.79 Å². The van der Waals surface area contributed by atoms with Crippen LogP contribution in [-0.2, 0) is 24.2 Å². The minimum Gasteiger partial charge on any atom is -0.444 e. The van der Waals surface area contributed by atoms with E-state index in [4.69, 9.17) is 9.94 Å². The lowest BCUT2D eigenvalue weighted by molar-refractivity contribution is 0.0137. The molecule has 0 saturated carbocycles. The molecule has 142 valence electrons. The van der Waals surface area contributed by atoms with Gasteiger partial charge in [0.25, 0.3) is 0 Å². The fraction of sp³-hybridized carbons (Fsp3) is 0.632. The van der Waals surface area contributed by atoms with Gasteiger partial charge in [-0.3, -0.25) is 4.68 Å². The predicted octanol–water partition coefficient (Wildman–Crippen LogP) is 3.18. The van der Waals surface area contributed by atoms with Gasteiger partial charge in [0.15, 0.2) is 0 Å². The molecule has 1 aliphatic heterocycles. The zero-order valence-corrected chi connectivity index (χ0v) is 16.2. The Labute approximate surface area is 155 Å². The maximum atomic E-state index is 12.5. The van der Waals surface area contributed by atoms with E-state index in [9.17, 15) is 4.79 Å². The van der Waals surface area contributed by atoms with Gasteiger partial charge < -0.3 is 14.8 Å². The van der Waals surface area contributed by atoms with Crippen molar-refractivity contribution in [2.75, 3.05) is 0 Å². The number of hydrogen-bond donors (Lipinski definition) is 1. The van der Waals surface area contributed by atoms with Crippen LogP contribution in [0.1, 0.15) is 64.4 Å². The zero-order chi connectivity index (χ0) is 19.3. The van der Waals surface area contributed by atoms with Gasteiger partial charge in [0.1, 0.15) is 5.60 Å². The van der Waals surface area contributed by atoms with Crippen LogP contribution in [-0.4, -0.2) is 43.8 Å². The number of carbonyl (C=O) groups is 1. The van der Waals surface area contributed by atoms with Crippen LogP contribution in [0.15, 0.2) is 5.16 Å². The molecule has 7 nitrogen and oxygen atoms in total. The van der Waals surface area contributed by atoms with E-state index in [1.54, 1.807) is 4.90 Å². The van der Waals surface area contributed by atoms with Crippen LogP contribution in [0.2, 0.25) is 0 Å². The standard InChI is InChI=1S/C19H28N4O3/c1-6-7-8-9-10-23-17(12-20-25)15-13-22(14(2)11-16(15)21-23)18(24)26-19(3,4)5/h12,14,25H,8-11,13H2,1-5H3/b20-12+. The minimum atomic E-state index is -0.545. The highest BCUT2D eigenvalue weighted by Crippen LogP contribution is 2.27. The summed E-state index contributed by atoms with van der Waals surface area (Å²) in [6.07, 6.45) is 3.34. The third kappa shape index (κ3) is 4.78. The Morgan fingerprint density at radius 3 is 2.85 bits per heavy atom. The van der Waals surface area contributed by atoms with E-state index in [1.165, 1.54) is 6.21 Å². The van der Waals surface area contributed by atoms with Crippen molar-refractivity contribution in [2.45, 2.75) is 78.6 Å². The number of rotatable bonds is 4. The van der Waals surface area contributed by atoms with Crippen LogP contribution in [0.25, 0.3) is 0 Å². The molecule has 2 heterocycles. The Morgan fingerprint density at radius 1 is 1.50 bits per heavy atom. The highest BCUT2D eigenvalue weighted by molar-refractivity contribution is 5.80. The summed E-state index contributed by atoms with van der Waals surface area (Å²) in [5.41, 5.74) is 2.03. The zero-order valence-electron chi connectivity index (χ0n) is 16.2. The molecule has 0 radical (unpaired) electrons. The Bertz CT molecular complexity index is 734.